The second-order valence-corrected chi connectivity index (χ2v) is 12.2. The van der Waals surface area contributed by atoms with Gasteiger partial charge in [-0.05, 0) is 12.1 Å². The Balaban J connectivity index is 1.90. The molecule has 0 aliphatic carbocycles. The normalized spacial score (nSPS) is 11.8. The van der Waals surface area contributed by atoms with E-state index in [9.17, 15) is 24.0 Å². The molecule has 0 aliphatic rings. The second kappa shape index (κ2) is 14.4. The van der Waals surface area contributed by atoms with E-state index in [2.05, 4.69) is 16.0 Å². The van der Waals surface area contributed by atoms with Crippen LogP contribution in [-0.4, -0.2) is 57.8 Å². The summed E-state index contributed by atoms with van der Waals surface area (Å²) in [5.41, 5.74) is 1.31. The van der Waals surface area contributed by atoms with Gasteiger partial charge in [-0.2, -0.15) is 0 Å². The first-order valence-electron chi connectivity index (χ1n) is 11.5. The molecule has 2 rings (SSSR count). The number of rotatable bonds is 13. The number of aliphatic carboxylic acids is 1. The van der Waals surface area contributed by atoms with Crippen LogP contribution in [0.25, 0.3) is 0 Å². The summed E-state index contributed by atoms with van der Waals surface area (Å²) in [5.74, 6) is -2.49. The molecule has 0 saturated carbocycles. The van der Waals surface area contributed by atoms with E-state index < -0.39 is 29.7 Å². The van der Waals surface area contributed by atoms with Crippen molar-refractivity contribution in [3.63, 3.8) is 0 Å². The van der Waals surface area contributed by atoms with Gasteiger partial charge in [-0.1, -0.05) is 84.8 Å². The third-order valence-corrected chi connectivity index (χ3v) is 8.07. The molecule has 1 unspecified atom stereocenters. The lowest BCUT2D eigenvalue weighted by atomic mass is 10.0. The van der Waals surface area contributed by atoms with Gasteiger partial charge < -0.3 is 21.1 Å². The number of carboxylic acids is 1. The number of benzene rings is 2. The third kappa shape index (κ3) is 11.1. The van der Waals surface area contributed by atoms with Crippen LogP contribution in [0.2, 0.25) is 0 Å². The van der Waals surface area contributed by atoms with Gasteiger partial charge in [0.15, 0.2) is 5.78 Å². The van der Waals surface area contributed by atoms with Gasteiger partial charge in [0.05, 0.1) is 13.1 Å². The number of hydrogen-bond donors (Lipinski definition) is 4. The molecule has 0 spiro atoms. The molecule has 0 heterocycles. The first-order chi connectivity index (χ1) is 17.5. The molecule has 0 saturated heterocycles. The maximum Gasteiger partial charge on any atom is 0.303 e. The lowest BCUT2D eigenvalue weighted by molar-refractivity contribution is -0.139. The molecule has 0 aliphatic heterocycles. The van der Waals surface area contributed by atoms with Crippen molar-refractivity contribution in [2.75, 3.05) is 12.4 Å². The molecule has 0 radical (unpaired) electrons. The van der Waals surface area contributed by atoms with E-state index in [1.54, 1.807) is 47.2 Å². The van der Waals surface area contributed by atoms with E-state index in [4.69, 9.17) is 5.11 Å². The molecule has 0 bridgehead atoms. The molecule has 11 heteroatoms. The highest BCUT2D eigenvalue weighted by atomic mass is 33.1. The van der Waals surface area contributed by atoms with Crippen LogP contribution in [0, 0.1) is 0 Å². The molecule has 0 fully saturated rings. The van der Waals surface area contributed by atoms with Crippen molar-refractivity contribution in [3.05, 3.63) is 71.3 Å². The molecular formula is C26H31N3O6S2. The van der Waals surface area contributed by atoms with Crippen molar-refractivity contribution < 1.29 is 29.1 Å². The fourth-order valence-electron chi connectivity index (χ4n) is 2.91. The van der Waals surface area contributed by atoms with Crippen molar-refractivity contribution in [2.24, 2.45) is 0 Å². The summed E-state index contributed by atoms with van der Waals surface area (Å²) >= 11 is 0. The van der Waals surface area contributed by atoms with Gasteiger partial charge in [0.1, 0.15) is 6.04 Å². The van der Waals surface area contributed by atoms with E-state index in [1.807, 2.05) is 26.8 Å². The first kappa shape index (κ1) is 29.9. The van der Waals surface area contributed by atoms with Crippen LogP contribution in [-0.2, 0) is 14.4 Å². The summed E-state index contributed by atoms with van der Waals surface area (Å²) < 4.78 is -0.0613. The Morgan fingerprint density at radius 1 is 0.838 bits per heavy atom. The van der Waals surface area contributed by atoms with Crippen LogP contribution in [0.5, 0.6) is 0 Å². The number of nitrogens with one attached hydrogen (secondary N) is 3. The van der Waals surface area contributed by atoms with Crippen molar-refractivity contribution >= 4 is 51.1 Å². The Labute approximate surface area is 223 Å². The van der Waals surface area contributed by atoms with E-state index in [-0.39, 0.29) is 35.8 Å². The summed E-state index contributed by atoms with van der Waals surface area (Å²) in [4.78, 5) is 60.5. The number of amides is 3. The SMILES string of the molecule is CC(C)(C)SSCC(NC(=O)CCC(=O)O)C(=O)NCNC(=O)c1ccc(C(=O)c2ccccc2)cc1. The molecular weight excluding hydrogens is 514 g/mol. The van der Waals surface area contributed by atoms with E-state index in [0.717, 1.165) is 0 Å². The Bertz CT molecular complexity index is 1100. The van der Waals surface area contributed by atoms with Gasteiger partial charge in [-0.25, -0.2) is 0 Å². The largest absolute Gasteiger partial charge is 0.481 e. The van der Waals surface area contributed by atoms with Gasteiger partial charge in [0.2, 0.25) is 11.8 Å². The summed E-state index contributed by atoms with van der Waals surface area (Å²) in [5, 5.41) is 16.5. The quantitative estimate of drug-likeness (QED) is 0.171. The third-order valence-electron chi connectivity index (χ3n) is 4.72. The minimum atomic E-state index is -1.10. The van der Waals surface area contributed by atoms with Crippen LogP contribution in [0.1, 0.15) is 59.9 Å². The maximum atomic E-state index is 12.7. The van der Waals surface area contributed by atoms with E-state index >= 15 is 0 Å². The Morgan fingerprint density at radius 3 is 2.03 bits per heavy atom. The zero-order valence-corrected chi connectivity index (χ0v) is 22.5. The average Bonchev–Trinajstić information content (AvgIpc) is 2.86. The van der Waals surface area contributed by atoms with Gasteiger partial charge in [-0.3, -0.25) is 24.0 Å². The molecule has 1 atom stereocenters. The summed E-state index contributed by atoms with van der Waals surface area (Å²) in [6.07, 6.45) is -0.578. The number of carbonyl (C=O) groups is 5. The topological polar surface area (TPSA) is 142 Å². The highest BCUT2D eigenvalue weighted by molar-refractivity contribution is 8.77. The fraction of sp³-hybridized carbons (Fsp3) is 0.346. The summed E-state index contributed by atoms with van der Waals surface area (Å²) in [6.45, 7) is 5.88. The zero-order chi connectivity index (χ0) is 27.4. The summed E-state index contributed by atoms with van der Waals surface area (Å²) in [7, 11) is 2.96. The minimum absolute atomic E-state index is 0.0613. The fourth-order valence-corrected chi connectivity index (χ4v) is 5.38. The molecule has 4 N–H and O–H groups in total. The smallest absolute Gasteiger partial charge is 0.303 e. The van der Waals surface area contributed by atoms with Gasteiger partial charge >= 0.3 is 5.97 Å². The van der Waals surface area contributed by atoms with E-state index in [1.165, 1.54) is 22.9 Å². The van der Waals surface area contributed by atoms with Crippen LogP contribution >= 0.6 is 21.6 Å². The number of hydrogen-bond acceptors (Lipinski definition) is 7. The standard InChI is InChI=1S/C26H31N3O6S2/c1-26(2,3)37-36-15-20(29-21(30)13-14-22(31)32)25(35)28-16-27-24(34)19-11-9-18(10-12-19)23(33)17-7-5-4-6-8-17/h4-12,20H,13-16H2,1-3H3,(H,27,34)(H,28,35)(H,29,30)(H,31,32). The van der Waals surface area contributed by atoms with Crippen molar-refractivity contribution in [3.8, 4) is 0 Å². The Hall–Kier alpha value is -3.31. The lowest BCUT2D eigenvalue weighted by Crippen LogP contribution is -2.50. The van der Waals surface area contributed by atoms with Gasteiger partial charge in [-0.15, -0.1) is 0 Å². The first-order valence-corrected chi connectivity index (χ1v) is 13.9. The van der Waals surface area contributed by atoms with Crippen LogP contribution < -0.4 is 16.0 Å². The molecule has 2 aromatic carbocycles. The van der Waals surface area contributed by atoms with Crippen molar-refractivity contribution in [2.45, 2.75) is 44.4 Å². The van der Waals surface area contributed by atoms with E-state index in [0.29, 0.717) is 16.7 Å². The van der Waals surface area contributed by atoms with Crippen LogP contribution in [0.3, 0.4) is 0 Å². The second-order valence-electron chi connectivity index (χ2n) is 8.99. The number of carbonyl (C=O) groups excluding carboxylic acids is 4. The van der Waals surface area contributed by atoms with Gasteiger partial charge in [0.25, 0.3) is 5.91 Å². The predicted molar refractivity (Wildman–Crippen MR) is 145 cm³/mol. The maximum absolute atomic E-state index is 12.7. The van der Waals surface area contributed by atoms with Crippen LogP contribution in [0.15, 0.2) is 54.6 Å². The molecule has 3 amide bonds. The number of ketones is 1. The molecule has 37 heavy (non-hydrogen) atoms. The lowest BCUT2D eigenvalue weighted by Gasteiger charge is -2.21. The van der Waals surface area contributed by atoms with Crippen molar-refractivity contribution in [1.82, 2.24) is 16.0 Å². The molecule has 0 aromatic heterocycles. The summed E-state index contributed by atoms with van der Waals surface area (Å²) in [6, 6.07) is 14.1. The zero-order valence-electron chi connectivity index (χ0n) is 20.9. The predicted octanol–water partition coefficient (Wildman–Crippen LogP) is 3.25. The highest BCUT2D eigenvalue weighted by Gasteiger charge is 2.23. The monoisotopic (exact) mass is 545 g/mol. The average molecular weight is 546 g/mol. The van der Waals surface area contributed by atoms with Gasteiger partial charge in [0, 0.05) is 33.6 Å². The minimum Gasteiger partial charge on any atom is -0.481 e. The molecule has 2 aromatic rings. The molecule has 9 nitrogen and oxygen atoms in total. The number of carboxylic acid groups (broad SMARTS) is 1. The Morgan fingerprint density at radius 2 is 1.43 bits per heavy atom. The molecule has 198 valence electrons. The van der Waals surface area contributed by atoms with Crippen molar-refractivity contribution in [1.29, 1.82) is 0 Å². The van der Waals surface area contributed by atoms with Crippen LogP contribution in [0.4, 0.5) is 0 Å². The highest BCUT2D eigenvalue weighted by Crippen LogP contribution is 2.35. The Kier molecular flexibility index (Phi) is 11.7.